The molecule has 0 unspecified atom stereocenters. The van der Waals surface area contributed by atoms with Crippen molar-refractivity contribution in [2.24, 2.45) is 0 Å². The first-order chi connectivity index (χ1) is 15.5. The number of carbonyl (C=O) groups is 3. The topological polar surface area (TPSA) is 76.1 Å². The zero-order valence-electron chi connectivity index (χ0n) is 18.2. The van der Waals surface area contributed by atoms with Crippen LogP contribution in [0, 0.1) is 0 Å². The highest BCUT2D eigenvalue weighted by atomic mass is 32.2. The molecule has 0 aliphatic rings. The van der Waals surface area contributed by atoms with E-state index >= 15 is 0 Å². The molecule has 1 aromatic heterocycles. The first kappa shape index (κ1) is 23.9. The molecule has 0 saturated heterocycles. The number of ketones is 2. The third kappa shape index (κ3) is 6.37. The molecule has 3 aromatic rings. The first-order valence-electron chi connectivity index (χ1n) is 10.5. The minimum Gasteiger partial charge on any atom is -0.342 e. The molecular formula is C25H26N2O3S2. The van der Waals surface area contributed by atoms with Gasteiger partial charge in [0.05, 0.1) is 18.2 Å². The molecule has 0 fully saturated rings. The van der Waals surface area contributed by atoms with E-state index in [0.29, 0.717) is 24.0 Å². The minimum absolute atomic E-state index is 0.0308. The van der Waals surface area contributed by atoms with Gasteiger partial charge < -0.3 is 5.32 Å². The number of amides is 1. The Morgan fingerprint density at radius 2 is 1.72 bits per heavy atom. The van der Waals surface area contributed by atoms with Crippen molar-refractivity contribution in [3.63, 3.8) is 0 Å². The van der Waals surface area contributed by atoms with Crippen molar-refractivity contribution in [1.29, 1.82) is 0 Å². The highest BCUT2D eigenvalue weighted by Gasteiger charge is 2.22. The van der Waals surface area contributed by atoms with Gasteiger partial charge in [-0.3, -0.25) is 14.4 Å². The lowest BCUT2D eigenvalue weighted by Crippen LogP contribution is -2.42. The van der Waals surface area contributed by atoms with Crippen LogP contribution in [0.2, 0.25) is 0 Å². The normalized spacial score (nSPS) is 11.7. The van der Waals surface area contributed by atoms with Gasteiger partial charge in [0.1, 0.15) is 5.01 Å². The summed E-state index contributed by atoms with van der Waals surface area (Å²) in [6, 6.07) is 15.8. The average molecular weight is 467 g/mol. The standard InChI is InChI=1S/C25H26N2O3S2/c1-3-22(28)18-9-11-19(12-10-18)25(30)27-20(13-14-31-2)23(29)15-24-26-21(16-32-24)17-7-5-4-6-8-17/h4-12,16,20H,3,13-15H2,1-2H3,(H,27,30)/t20-/m0/s1. The summed E-state index contributed by atoms with van der Waals surface area (Å²) in [7, 11) is 0. The molecule has 0 bridgehead atoms. The number of benzene rings is 2. The summed E-state index contributed by atoms with van der Waals surface area (Å²) in [4.78, 5) is 42.2. The van der Waals surface area contributed by atoms with Gasteiger partial charge in [-0.15, -0.1) is 11.3 Å². The van der Waals surface area contributed by atoms with Crippen molar-refractivity contribution in [2.75, 3.05) is 12.0 Å². The molecule has 166 valence electrons. The fourth-order valence-electron chi connectivity index (χ4n) is 3.21. The number of nitrogens with one attached hydrogen (secondary N) is 1. The van der Waals surface area contributed by atoms with Gasteiger partial charge in [0, 0.05) is 28.5 Å². The number of carbonyl (C=O) groups excluding carboxylic acids is 3. The van der Waals surface area contributed by atoms with Crippen LogP contribution in [0.5, 0.6) is 0 Å². The van der Waals surface area contributed by atoms with Crippen molar-refractivity contribution < 1.29 is 14.4 Å². The number of thioether (sulfide) groups is 1. The van der Waals surface area contributed by atoms with Crippen LogP contribution in [0.1, 0.15) is 45.5 Å². The molecule has 32 heavy (non-hydrogen) atoms. The highest BCUT2D eigenvalue weighted by molar-refractivity contribution is 7.98. The van der Waals surface area contributed by atoms with E-state index in [1.54, 1.807) is 43.0 Å². The zero-order valence-corrected chi connectivity index (χ0v) is 19.8. The first-order valence-corrected chi connectivity index (χ1v) is 12.7. The van der Waals surface area contributed by atoms with Crippen LogP contribution in [0.15, 0.2) is 60.0 Å². The van der Waals surface area contributed by atoms with Gasteiger partial charge in [-0.05, 0) is 30.6 Å². The highest BCUT2D eigenvalue weighted by Crippen LogP contribution is 2.22. The van der Waals surface area contributed by atoms with Gasteiger partial charge in [0.15, 0.2) is 11.6 Å². The van der Waals surface area contributed by atoms with E-state index in [9.17, 15) is 14.4 Å². The molecule has 0 aliphatic carbocycles. The number of thiazole rings is 1. The largest absolute Gasteiger partial charge is 0.342 e. The van der Waals surface area contributed by atoms with E-state index in [1.807, 2.05) is 42.0 Å². The molecule has 2 aromatic carbocycles. The van der Waals surface area contributed by atoms with Gasteiger partial charge in [-0.25, -0.2) is 4.98 Å². The zero-order chi connectivity index (χ0) is 22.9. The van der Waals surface area contributed by atoms with E-state index in [-0.39, 0.29) is 23.9 Å². The third-order valence-corrected chi connectivity index (χ3v) is 6.53. The number of hydrogen-bond acceptors (Lipinski definition) is 6. The van der Waals surface area contributed by atoms with Crippen LogP contribution in [0.3, 0.4) is 0 Å². The molecule has 7 heteroatoms. The molecule has 0 spiro atoms. The summed E-state index contributed by atoms with van der Waals surface area (Å²) >= 11 is 3.09. The van der Waals surface area contributed by atoms with E-state index < -0.39 is 6.04 Å². The molecular weight excluding hydrogens is 440 g/mol. The predicted molar refractivity (Wildman–Crippen MR) is 132 cm³/mol. The van der Waals surface area contributed by atoms with Crippen molar-refractivity contribution >= 4 is 40.6 Å². The van der Waals surface area contributed by atoms with Crippen LogP contribution in [-0.4, -0.2) is 40.5 Å². The Hall–Kier alpha value is -2.77. The molecule has 1 heterocycles. The van der Waals surface area contributed by atoms with E-state index in [2.05, 4.69) is 10.3 Å². The Kier molecular flexibility index (Phi) is 8.76. The van der Waals surface area contributed by atoms with Gasteiger partial charge in [-0.1, -0.05) is 49.4 Å². The van der Waals surface area contributed by atoms with Crippen LogP contribution in [0.25, 0.3) is 11.3 Å². The molecule has 0 radical (unpaired) electrons. The summed E-state index contributed by atoms with van der Waals surface area (Å²) < 4.78 is 0. The second kappa shape index (κ2) is 11.7. The Labute approximate surface area is 196 Å². The molecule has 0 saturated carbocycles. The van der Waals surface area contributed by atoms with Crippen LogP contribution in [0.4, 0.5) is 0 Å². The fourth-order valence-corrected chi connectivity index (χ4v) is 4.49. The van der Waals surface area contributed by atoms with Gasteiger partial charge in [0.2, 0.25) is 0 Å². The maximum absolute atomic E-state index is 13.0. The van der Waals surface area contributed by atoms with E-state index in [1.165, 1.54) is 11.3 Å². The number of nitrogens with zero attached hydrogens (tertiary/aromatic N) is 1. The molecule has 1 atom stereocenters. The van der Waals surface area contributed by atoms with Crippen molar-refractivity contribution in [3.05, 3.63) is 76.1 Å². The Balaban J connectivity index is 1.67. The van der Waals surface area contributed by atoms with Crippen LogP contribution >= 0.6 is 23.1 Å². The molecule has 3 rings (SSSR count). The van der Waals surface area contributed by atoms with Crippen LogP contribution < -0.4 is 5.32 Å². The molecule has 0 aliphatic heterocycles. The van der Waals surface area contributed by atoms with Gasteiger partial charge in [0.25, 0.3) is 5.91 Å². The smallest absolute Gasteiger partial charge is 0.251 e. The number of hydrogen-bond donors (Lipinski definition) is 1. The van der Waals surface area contributed by atoms with Crippen molar-refractivity contribution in [2.45, 2.75) is 32.2 Å². The SMILES string of the molecule is CCC(=O)c1ccc(C(=O)N[C@@H](CCSC)C(=O)Cc2nc(-c3ccccc3)cs2)cc1. The second-order valence-electron chi connectivity index (χ2n) is 7.30. The number of Topliss-reactive ketones (excluding diaryl/α,β-unsaturated/α-hetero) is 2. The lowest BCUT2D eigenvalue weighted by atomic mass is 10.0. The average Bonchev–Trinajstić information content (AvgIpc) is 3.30. The number of aromatic nitrogens is 1. The van der Waals surface area contributed by atoms with Crippen molar-refractivity contribution in [1.82, 2.24) is 10.3 Å². The molecule has 1 N–H and O–H groups in total. The summed E-state index contributed by atoms with van der Waals surface area (Å²) in [6.07, 6.45) is 3.12. The fraction of sp³-hybridized carbons (Fsp3) is 0.280. The molecule has 5 nitrogen and oxygen atoms in total. The van der Waals surface area contributed by atoms with Gasteiger partial charge >= 0.3 is 0 Å². The van der Waals surface area contributed by atoms with Gasteiger partial charge in [-0.2, -0.15) is 11.8 Å². The van der Waals surface area contributed by atoms with Crippen molar-refractivity contribution in [3.8, 4) is 11.3 Å². The third-order valence-electron chi connectivity index (χ3n) is 5.04. The summed E-state index contributed by atoms with van der Waals surface area (Å²) in [5.74, 6) is 0.417. The Bertz CT molecular complexity index is 1060. The maximum atomic E-state index is 13.0. The maximum Gasteiger partial charge on any atom is 0.251 e. The minimum atomic E-state index is -0.587. The quantitative estimate of drug-likeness (QED) is 0.400. The lowest BCUT2D eigenvalue weighted by molar-refractivity contribution is -0.120. The monoisotopic (exact) mass is 466 g/mol. The second-order valence-corrected chi connectivity index (χ2v) is 9.23. The predicted octanol–water partition coefficient (Wildman–Crippen LogP) is 5.07. The Morgan fingerprint density at radius 3 is 2.38 bits per heavy atom. The Morgan fingerprint density at radius 1 is 1.03 bits per heavy atom. The molecule has 1 amide bonds. The van der Waals surface area contributed by atoms with E-state index in [4.69, 9.17) is 0 Å². The van der Waals surface area contributed by atoms with Crippen LogP contribution in [-0.2, 0) is 11.2 Å². The summed E-state index contributed by atoms with van der Waals surface area (Å²) in [6.45, 7) is 1.80. The van der Waals surface area contributed by atoms with E-state index in [0.717, 1.165) is 22.0 Å². The summed E-state index contributed by atoms with van der Waals surface area (Å²) in [5.41, 5.74) is 2.88. The summed E-state index contributed by atoms with van der Waals surface area (Å²) in [5, 5.41) is 5.57. The number of rotatable bonds is 11. The lowest BCUT2D eigenvalue weighted by Gasteiger charge is -2.17.